The minimum Gasteiger partial charge on any atom is -0.504 e. The molecule has 1 aliphatic heterocycles. The van der Waals surface area contributed by atoms with Gasteiger partial charge in [0.1, 0.15) is 6.61 Å². The lowest BCUT2D eigenvalue weighted by molar-refractivity contribution is -0.138. The number of esters is 1. The standard InChI is InChI=1S/C31H34N2O7S/c1-7-13-40-30(36)27-19(4)32-31-33(29(35)26(41-31)16-20-8-10-22(34)24(15-20)37-5)28(27)21-9-11-23(25(17-21)38-6)39-14-12-18(2)3/h7-11,15-18,28,34H,1,12-14H2,2-6H3/b26-16-. The molecular formula is C31H34N2O7S. The molecule has 0 fully saturated rings. The number of nitrogens with zero attached hydrogens (tertiary/aromatic N) is 2. The van der Waals surface area contributed by atoms with Crippen LogP contribution in [0.5, 0.6) is 23.0 Å². The lowest BCUT2D eigenvalue weighted by atomic mass is 9.95. The topological polar surface area (TPSA) is 109 Å². The maximum atomic E-state index is 13.9. The highest BCUT2D eigenvalue weighted by Gasteiger charge is 2.34. The van der Waals surface area contributed by atoms with Gasteiger partial charge in [0.25, 0.3) is 5.56 Å². The molecule has 1 atom stereocenters. The summed E-state index contributed by atoms with van der Waals surface area (Å²) < 4.78 is 24.1. The molecule has 0 bridgehead atoms. The second kappa shape index (κ2) is 12.9. The van der Waals surface area contributed by atoms with Crippen LogP contribution in [0.1, 0.15) is 44.4 Å². The van der Waals surface area contributed by atoms with Crippen molar-refractivity contribution < 1.29 is 28.8 Å². The van der Waals surface area contributed by atoms with Gasteiger partial charge in [-0.15, -0.1) is 0 Å². The van der Waals surface area contributed by atoms with Crippen molar-refractivity contribution in [2.45, 2.75) is 33.2 Å². The van der Waals surface area contributed by atoms with E-state index in [1.165, 1.54) is 35.2 Å². The van der Waals surface area contributed by atoms with Gasteiger partial charge >= 0.3 is 5.97 Å². The first-order valence-corrected chi connectivity index (χ1v) is 14.0. The summed E-state index contributed by atoms with van der Waals surface area (Å²) in [6.07, 6.45) is 4.07. The van der Waals surface area contributed by atoms with Gasteiger partial charge in [-0.2, -0.15) is 0 Å². The van der Waals surface area contributed by atoms with E-state index < -0.39 is 12.0 Å². The number of benzene rings is 2. The molecule has 0 saturated carbocycles. The summed E-state index contributed by atoms with van der Waals surface area (Å²) in [5.41, 5.74) is 1.65. The molecule has 41 heavy (non-hydrogen) atoms. The Labute approximate surface area is 242 Å². The van der Waals surface area contributed by atoms with E-state index >= 15 is 0 Å². The smallest absolute Gasteiger partial charge is 0.338 e. The number of hydrogen-bond donors (Lipinski definition) is 1. The van der Waals surface area contributed by atoms with Gasteiger partial charge in [-0.1, -0.05) is 50.0 Å². The van der Waals surface area contributed by atoms with Crippen molar-refractivity contribution in [3.8, 4) is 23.0 Å². The number of carbonyl (C=O) groups excluding carboxylic acids is 1. The Balaban J connectivity index is 1.87. The zero-order valence-corrected chi connectivity index (χ0v) is 24.6. The van der Waals surface area contributed by atoms with Gasteiger partial charge in [0.05, 0.1) is 42.7 Å². The van der Waals surface area contributed by atoms with Crippen molar-refractivity contribution >= 4 is 23.4 Å². The summed E-state index contributed by atoms with van der Waals surface area (Å²) in [5, 5.41) is 9.96. The summed E-state index contributed by atoms with van der Waals surface area (Å²) >= 11 is 1.20. The summed E-state index contributed by atoms with van der Waals surface area (Å²) in [4.78, 5) is 32.2. The molecular weight excluding hydrogens is 544 g/mol. The molecule has 0 radical (unpaired) electrons. The lowest BCUT2D eigenvalue weighted by Crippen LogP contribution is -2.40. The molecule has 9 nitrogen and oxygen atoms in total. The van der Waals surface area contributed by atoms with Gasteiger partial charge in [-0.05, 0) is 60.7 Å². The number of ether oxygens (including phenoxy) is 4. The first-order valence-electron chi connectivity index (χ1n) is 13.2. The van der Waals surface area contributed by atoms with Crippen molar-refractivity contribution in [2.24, 2.45) is 10.9 Å². The highest BCUT2D eigenvalue weighted by molar-refractivity contribution is 7.07. The van der Waals surface area contributed by atoms with Crippen LogP contribution < -0.4 is 29.1 Å². The van der Waals surface area contributed by atoms with Crippen LogP contribution in [0.4, 0.5) is 0 Å². The third kappa shape index (κ3) is 6.38. The van der Waals surface area contributed by atoms with Crippen molar-refractivity contribution in [3.05, 3.63) is 91.1 Å². The minimum absolute atomic E-state index is 0.00464. The van der Waals surface area contributed by atoms with Crippen molar-refractivity contribution in [1.29, 1.82) is 0 Å². The highest BCUT2D eigenvalue weighted by Crippen LogP contribution is 2.36. The van der Waals surface area contributed by atoms with Crippen molar-refractivity contribution in [2.75, 3.05) is 27.4 Å². The van der Waals surface area contributed by atoms with Crippen LogP contribution in [-0.2, 0) is 9.53 Å². The SMILES string of the molecule is C=CCOC(=O)C1=C(C)N=c2s/c(=C\c3ccc(O)c(OC)c3)c(=O)n2C1c1ccc(OCCC(C)C)c(OC)c1. The zero-order chi connectivity index (χ0) is 29.7. The Bertz CT molecular complexity index is 1670. The molecule has 0 spiro atoms. The van der Waals surface area contributed by atoms with Gasteiger partial charge < -0.3 is 24.1 Å². The number of methoxy groups -OCH3 is 2. The van der Waals surface area contributed by atoms with E-state index in [9.17, 15) is 14.7 Å². The number of hydrogen-bond acceptors (Lipinski definition) is 9. The van der Waals surface area contributed by atoms with E-state index in [1.807, 2.05) is 6.07 Å². The first-order chi connectivity index (χ1) is 19.7. The van der Waals surface area contributed by atoms with Gasteiger partial charge in [0, 0.05) is 0 Å². The Kier molecular flexibility index (Phi) is 9.34. The van der Waals surface area contributed by atoms with Gasteiger partial charge in [0.2, 0.25) is 0 Å². The monoisotopic (exact) mass is 578 g/mol. The molecule has 1 aromatic heterocycles. The Hall–Kier alpha value is -4.31. The predicted octanol–water partition coefficient (Wildman–Crippen LogP) is 4.11. The van der Waals surface area contributed by atoms with Gasteiger partial charge in [0.15, 0.2) is 27.8 Å². The molecule has 216 valence electrons. The third-order valence-electron chi connectivity index (χ3n) is 6.53. The average molecular weight is 579 g/mol. The van der Waals surface area contributed by atoms with Crippen LogP contribution in [0.15, 0.2) is 70.1 Å². The van der Waals surface area contributed by atoms with Crippen LogP contribution >= 0.6 is 11.3 Å². The first kappa shape index (κ1) is 29.7. The Morgan fingerprint density at radius 2 is 1.90 bits per heavy atom. The molecule has 0 aliphatic carbocycles. The van der Waals surface area contributed by atoms with E-state index in [4.69, 9.17) is 18.9 Å². The largest absolute Gasteiger partial charge is 0.504 e. The number of carbonyl (C=O) groups is 1. The van der Waals surface area contributed by atoms with E-state index in [2.05, 4.69) is 25.4 Å². The number of thiazole rings is 1. The van der Waals surface area contributed by atoms with E-state index in [1.54, 1.807) is 44.4 Å². The number of phenols is 1. The van der Waals surface area contributed by atoms with Crippen LogP contribution in [-0.4, -0.2) is 43.1 Å². The molecule has 0 amide bonds. The van der Waals surface area contributed by atoms with Crippen LogP contribution in [0, 0.1) is 5.92 Å². The predicted molar refractivity (Wildman–Crippen MR) is 158 cm³/mol. The van der Waals surface area contributed by atoms with Crippen molar-refractivity contribution in [1.82, 2.24) is 4.57 Å². The summed E-state index contributed by atoms with van der Waals surface area (Å²) in [6, 6.07) is 9.38. The van der Waals surface area contributed by atoms with E-state index in [0.717, 1.165) is 6.42 Å². The molecule has 2 heterocycles. The fourth-order valence-electron chi connectivity index (χ4n) is 4.42. The Morgan fingerprint density at radius 3 is 2.59 bits per heavy atom. The lowest BCUT2D eigenvalue weighted by Gasteiger charge is -2.25. The second-order valence-electron chi connectivity index (χ2n) is 9.84. The number of aromatic hydroxyl groups is 1. The second-order valence-corrected chi connectivity index (χ2v) is 10.9. The summed E-state index contributed by atoms with van der Waals surface area (Å²) in [7, 11) is 3.00. The van der Waals surface area contributed by atoms with Gasteiger partial charge in [-0.3, -0.25) is 9.36 Å². The quantitative estimate of drug-likeness (QED) is 0.269. The normalized spacial score (nSPS) is 14.9. The minimum atomic E-state index is -0.821. The average Bonchev–Trinajstić information content (AvgIpc) is 3.25. The molecule has 2 aromatic carbocycles. The van der Waals surface area contributed by atoms with Gasteiger partial charge in [-0.25, -0.2) is 9.79 Å². The molecule has 4 rings (SSSR count). The summed E-state index contributed by atoms with van der Waals surface area (Å²) in [5.74, 6) is 1.23. The van der Waals surface area contributed by atoms with Crippen LogP contribution in [0.3, 0.4) is 0 Å². The fraction of sp³-hybridized carbons (Fsp3) is 0.323. The highest BCUT2D eigenvalue weighted by atomic mass is 32.1. The van der Waals surface area contributed by atoms with Crippen LogP contribution in [0.2, 0.25) is 0 Å². The Morgan fingerprint density at radius 1 is 1.15 bits per heavy atom. The van der Waals surface area contributed by atoms with Crippen molar-refractivity contribution in [3.63, 3.8) is 0 Å². The molecule has 3 aromatic rings. The van der Waals surface area contributed by atoms with E-state index in [-0.39, 0.29) is 29.2 Å². The number of aromatic nitrogens is 1. The zero-order valence-electron chi connectivity index (χ0n) is 23.8. The number of rotatable bonds is 11. The van der Waals surface area contributed by atoms with E-state index in [0.29, 0.717) is 50.2 Å². The maximum absolute atomic E-state index is 13.9. The fourth-order valence-corrected chi connectivity index (χ4v) is 5.47. The molecule has 0 saturated heterocycles. The molecule has 1 unspecified atom stereocenters. The molecule has 1 aliphatic rings. The molecule has 1 N–H and O–H groups in total. The maximum Gasteiger partial charge on any atom is 0.338 e. The number of allylic oxidation sites excluding steroid dienone is 1. The number of fused-ring (bicyclic) bond motifs is 1. The summed E-state index contributed by atoms with van der Waals surface area (Å²) in [6.45, 7) is 10.1. The van der Waals surface area contributed by atoms with Crippen LogP contribution in [0.25, 0.3) is 6.08 Å². The number of phenolic OH excluding ortho intramolecular Hbond substituents is 1. The third-order valence-corrected chi connectivity index (χ3v) is 7.51. The molecule has 10 heteroatoms.